The van der Waals surface area contributed by atoms with E-state index in [9.17, 15) is 4.79 Å². The molecule has 0 aliphatic carbocycles. The van der Waals surface area contributed by atoms with Gasteiger partial charge < -0.3 is 9.84 Å². The van der Waals surface area contributed by atoms with Crippen molar-refractivity contribution in [3.63, 3.8) is 0 Å². The number of carbonyl (C=O) groups is 1. The van der Waals surface area contributed by atoms with Crippen LogP contribution in [0.1, 0.15) is 27.4 Å². The minimum atomic E-state index is -0.433. The van der Waals surface area contributed by atoms with E-state index in [1.165, 1.54) is 6.20 Å². The van der Waals surface area contributed by atoms with Crippen LogP contribution >= 0.6 is 39.1 Å². The Bertz CT molecular complexity index is 1200. The summed E-state index contributed by atoms with van der Waals surface area (Å²) in [5.41, 5.74) is 1.81. The Morgan fingerprint density at radius 1 is 1.13 bits per heavy atom. The largest absolute Gasteiger partial charge is 0.361 e. The monoisotopic (exact) mass is 508 g/mol. The number of hydrogen-bond donors (Lipinski definition) is 1. The number of nitrogens with one attached hydrogen (secondary N) is 1. The molecule has 4 aromatic rings. The topological polar surface area (TPSA) is 90.8 Å². The molecule has 0 saturated heterocycles. The lowest BCUT2D eigenvalue weighted by Crippen LogP contribution is -2.17. The van der Waals surface area contributed by atoms with Crippen LogP contribution in [0.5, 0.6) is 0 Å². The van der Waals surface area contributed by atoms with Gasteiger partial charge in [-0.25, -0.2) is 0 Å². The summed E-state index contributed by atoms with van der Waals surface area (Å²) in [5, 5.41) is 16.4. The number of halogens is 3. The summed E-state index contributed by atoms with van der Waals surface area (Å²) < 4.78 is 9.19. The van der Waals surface area contributed by atoms with Crippen LogP contribution in [-0.4, -0.2) is 30.6 Å². The molecule has 3 heterocycles. The molecule has 1 aromatic carbocycles. The van der Waals surface area contributed by atoms with Gasteiger partial charge in [0, 0.05) is 23.0 Å². The molecular formula is C19H15BrCl2N6O2. The first kappa shape index (κ1) is 20.6. The Labute approximate surface area is 189 Å². The zero-order valence-electron chi connectivity index (χ0n) is 15.6. The van der Waals surface area contributed by atoms with Crippen LogP contribution < -0.4 is 5.32 Å². The van der Waals surface area contributed by atoms with Crippen LogP contribution in [0.3, 0.4) is 0 Å². The van der Waals surface area contributed by atoms with E-state index in [2.05, 4.69) is 36.6 Å². The maximum absolute atomic E-state index is 12.8. The summed E-state index contributed by atoms with van der Waals surface area (Å²) in [6, 6.07) is 7.48. The molecular weight excluding hydrogens is 495 g/mol. The van der Waals surface area contributed by atoms with Crippen molar-refractivity contribution in [1.29, 1.82) is 0 Å². The van der Waals surface area contributed by atoms with Gasteiger partial charge >= 0.3 is 0 Å². The number of hydrogen-bond acceptors (Lipinski definition) is 5. The molecule has 11 heteroatoms. The Kier molecular flexibility index (Phi) is 5.94. The van der Waals surface area contributed by atoms with Gasteiger partial charge in [-0.1, -0.05) is 40.5 Å². The number of rotatable bonds is 6. The molecule has 0 saturated carbocycles. The average molecular weight is 510 g/mol. The van der Waals surface area contributed by atoms with Crippen LogP contribution in [0.4, 0.5) is 5.82 Å². The van der Waals surface area contributed by atoms with Crippen LogP contribution in [0.2, 0.25) is 10.0 Å². The Morgan fingerprint density at radius 3 is 2.60 bits per heavy atom. The van der Waals surface area contributed by atoms with Gasteiger partial charge in [0.2, 0.25) is 0 Å². The third-order valence-electron chi connectivity index (χ3n) is 4.33. The van der Waals surface area contributed by atoms with E-state index in [4.69, 9.17) is 27.7 Å². The lowest BCUT2D eigenvalue weighted by atomic mass is 10.2. The minimum Gasteiger partial charge on any atom is -0.361 e. The van der Waals surface area contributed by atoms with Crippen molar-refractivity contribution in [1.82, 2.24) is 24.7 Å². The van der Waals surface area contributed by atoms with Crippen molar-refractivity contribution < 1.29 is 9.32 Å². The van der Waals surface area contributed by atoms with Crippen LogP contribution in [0.15, 0.2) is 51.9 Å². The van der Waals surface area contributed by atoms with Crippen molar-refractivity contribution in [3.8, 4) is 0 Å². The third-order valence-corrected chi connectivity index (χ3v) is 5.36. The number of amides is 1. The van der Waals surface area contributed by atoms with E-state index >= 15 is 0 Å². The fourth-order valence-corrected chi connectivity index (χ4v) is 3.55. The molecule has 0 fully saturated rings. The second-order valence-corrected chi connectivity index (χ2v) is 8.25. The van der Waals surface area contributed by atoms with Crippen LogP contribution in [-0.2, 0) is 13.1 Å². The van der Waals surface area contributed by atoms with Gasteiger partial charge in [-0.15, -0.1) is 0 Å². The highest BCUT2D eigenvalue weighted by Gasteiger charge is 2.22. The fourth-order valence-electron chi connectivity index (χ4n) is 2.85. The van der Waals surface area contributed by atoms with Crippen molar-refractivity contribution in [2.45, 2.75) is 20.0 Å². The molecule has 1 N–H and O–H groups in total. The van der Waals surface area contributed by atoms with Gasteiger partial charge in [-0.2, -0.15) is 10.2 Å². The molecule has 3 aromatic heterocycles. The average Bonchev–Trinajstić information content (AvgIpc) is 3.38. The van der Waals surface area contributed by atoms with Gasteiger partial charge in [0.15, 0.2) is 11.5 Å². The smallest absolute Gasteiger partial charge is 0.279 e. The maximum atomic E-state index is 12.8. The summed E-state index contributed by atoms with van der Waals surface area (Å²) in [6.07, 6.45) is 4.96. The van der Waals surface area contributed by atoms with E-state index < -0.39 is 5.91 Å². The lowest BCUT2D eigenvalue weighted by Gasteiger charge is -2.04. The predicted octanol–water partition coefficient (Wildman–Crippen LogP) is 4.79. The lowest BCUT2D eigenvalue weighted by molar-refractivity contribution is 0.101. The molecule has 1 amide bonds. The molecule has 0 unspecified atom stereocenters. The van der Waals surface area contributed by atoms with Crippen LogP contribution in [0, 0.1) is 6.92 Å². The summed E-state index contributed by atoms with van der Waals surface area (Å²) in [6.45, 7) is 2.57. The highest BCUT2D eigenvalue weighted by molar-refractivity contribution is 9.10. The van der Waals surface area contributed by atoms with Crippen LogP contribution in [0.25, 0.3) is 0 Å². The number of nitrogens with zero attached hydrogens (tertiary/aromatic N) is 5. The molecule has 0 radical (unpaired) electrons. The van der Waals surface area contributed by atoms with E-state index in [1.807, 2.05) is 24.3 Å². The number of carbonyl (C=O) groups excluding carboxylic acids is 1. The normalized spacial score (nSPS) is 11.1. The first-order valence-corrected chi connectivity index (χ1v) is 10.4. The first-order chi connectivity index (χ1) is 14.4. The summed E-state index contributed by atoms with van der Waals surface area (Å²) >= 11 is 15.3. The predicted molar refractivity (Wildman–Crippen MR) is 116 cm³/mol. The van der Waals surface area contributed by atoms with E-state index in [0.29, 0.717) is 44.7 Å². The van der Waals surface area contributed by atoms with Gasteiger partial charge in [0.05, 0.1) is 28.8 Å². The van der Waals surface area contributed by atoms with Gasteiger partial charge in [0.1, 0.15) is 5.76 Å². The second-order valence-electron chi connectivity index (χ2n) is 6.53. The van der Waals surface area contributed by atoms with Crippen molar-refractivity contribution in [3.05, 3.63) is 80.0 Å². The second kappa shape index (κ2) is 8.63. The summed E-state index contributed by atoms with van der Waals surface area (Å²) in [5.74, 6) is 0.472. The molecule has 4 rings (SSSR count). The van der Waals surface area contributed by atoms with E-state index in [-0.39, 0.29) is 5.69 Å². The van der Waals surface area contributed by atoms with Crippen molar-refractivity contribution in [2.75, 3.05) is 5.32 Å². The zero-order valence-corrected chi connectivity index (χ0v) is 18.7. The van der Waals surface area contributed by atoms with E-state index in [0.717, 1.165) is 5.56 Å². The molecule has 0 aliphatic heterocycles. The fraction of sp³-hybridized carbons (Fsp3) is 0.158. The van der Waals surface area contributed by atoms with Gasteiger partial charge in [-0.05, 0) is 40.5 Å². The quantitative estimate of drug-likeness (QED) is 0.403. The van der Waals surface area contributed by atoms with Crippen molar-refractivity contribution in [2.24, 2.45) is 0 Å². The Morgan fingerprint density at radius 2 is 1.90 bits per heavy atom. The number of aryl methyl sites for hydroxylation is 1. The van der Waals surface area contributed by atoms with Crippen molar-refractivity contribution >= 4 is 50.9 Å². The third kappa shape index (κ3) is 4.58. The Hall–Kier alpha value is -2.62. The first-order valence-electron chi connectivity index (χ1n) is 8.81. The molecule has 0 aliphatic rings. The molecule has 0 atom stereocenters. The van der Waals surface area contributed by atoms with E-state index in [1.54, 1.807) is 28.7 Å². The minimum absolute atomic E-state index is 0.165. The Balaban J connectivity index is 1.50. The van der Waals surface area contributed by atoms with Gasteiger partial charge in [-0.3, -0.25) is 14.2 Å². The number of anilines is 1. The molecule has 0 spiro atoms. The standard InChI is InChI=1S/C19H15BrCl2N6O2/c1-11-15(9-27-8-14(22)6-23-27)17(26-30-11)19(29)24-18-16(20)10-28(25-18)7-12-2-4-13(21)5-3-12/h2-6,8,10H,7,9H2,1H3,(H,24,25,29). The molecule has 30 heavy (non-hydrogen) atoms. The van der Waals surface area contributed by atoms with Gasteiger partial charge in [0.25, 0.3) is 5.91 Å². The summed E-state index contributed by atoms with van der Waals surface area (Å²) in [4.78, 5) is 12.8. The molecule has 154 valence electrons. The highest BCUT2D eigenvalue weighted by Crippen LogP contribution is 2.23. The highest BCUT2D eigenvalue weighted by atomic mass is 79.9. The number of benzene rings is 1. The summed E-state index contributed by atoms with van der Waals surface area (Å²) in [7, 11) is 0. The molecule has 8 nitrogen and oxygen atoms in total. The number of aromatic nitrogens is 5. The SMILES string of the molecule is Cc1onc(C(=O)Nc2nn(Cc3ccc(Cl)cc3)cc2Br)c1Cn1cc(Cl)cn1. The molecule has 0 bridgehead atoms. The maximum Gasteiger partial charge on any atom is 0.279 e. The zero-order chi connectivity index (χ0) is 21.3.